The first-order valence-corrected chi connectivity index (χ1v) is 13.5. The van der Waals surface area contributed by atoms with E-state index in [9.17, 15) is 9.59 Å². The van der Waals surface area contributed by atoms with Crippen LogP contribution in [0.1, 0.15) is 65.8 Å². The van der Waals surface area contributed by atoms with E-state index in [2.05, 4.69) is 16.0 Å². The summed E-state index contributed by atoms with van der Waals surface area (Å²) in [7, 11) is 0. The topological polar surface area (TPSA) is 97.4 Å². The van der Waals surface area contributed by atoms with E-state index in [-0.39, 0.29) is 23.9 Å². The second kappa shape index (κ2) is 11.3. The SMILES string of the molecule is CC(C)(C)OC(=O)N1CC=C(c2ccccn2)CC1.CC(C)(C)OC(=O)N1CC[C@]2(c3ccccn3)OC2C1. The van der Waals surface area contributed by atoms with Crippen LogP contribution in [0.3, 0.4) is 0 Å². The van der Waals surface area contributed by atoms with Gasteiger partial charge in [0.2, 0.25) is 0 Å². The Bertz CT molecular complexity index is 1170. The van der Waals surface area contributed by atoms with Gasteiger partial charge in [0.1, 0.15) is 22.9 Å². The molecule has 2 aromatic rings. The Labute approximate surface area is 231 Å². The van der Waals surface area contributed by atoms with E-state index < -0.39 is 11.2 Å². The van der Waals surface area contributed by atoms with Crippen LogP contribution in [0.5, 0.6) is 0 Å². The minimum atomic E-state index is -0.461. The van der Waals surface area contributed by atoms with Crippen molar-refractivity contribution in [2.24, 2.45) is 0 Å². The number of nitrogens with zero attached hydrogens (tertiary/aromatic N) is 4. The highest BCUT2D eigenvalue weighted by molar-refractivity contribution is 5.72. The number of ether oxygens (including phenoxy) is 3. The number of hydrogen-bond acceptors (Lipinski definition) is 7. The molecule has 9 nitrogen and oxygen atoms in total. The molecule has 0 aliphatic carbocycles. The first kappa shape index (κ1) is 28.5. The third-order valence-electron chi connectivity index (χ3n) is 6.56. The number of likely N-dealkylation sites (tertiary alicyclic amines) is 1. The quantitative estimate of drug-likeness (QED) is 0.473. The Hall–Kier alpha value is -3.46. The van der Waals surface area contributed by atoms with Crippen molar-refractivity contribution in [1.82, 2.24) is 19.8 Å². The Morgan fingerprint density at radius 3 is 2.05 bits per heavy atom. The minimum absolute atomic E-state index is 0.0404. The molecule has 0 aromatic carbocycles. The number of hydrogen-bond donors (Lipinski definition) is 0. The molecule has 5 rings (SSSR count). The molecule has 0 radical (unpaired) electrons. The number of aromatic nitrogens is 2. The van der Waals surface area contributed by atoms with Gasteiger partial charge in [-0.05, 0) is 77.8 Å². The lowest BCUT2D eigenvalue weighted by atomic mass is 9.93. The largest absolute Gasteiger partial charge is 0.444 e. The third kappa shape index (κ3) is 7.56. The summed E-state index contributed by atoms with van der Waals surface area (Å²) in [4.78, 5) is 36.1. The first-order valence-electron chi connectivity index (χ1n) is 13.5. The molecule has 1 unspecified atom stereocenters. The molecule has 3 aliphatic heterocycles. The lowest BCUT2D eigenvalue weighted by molar-refractivity contribution is 0.0215. The summed E-state index contributed by atoms with van der Waals surface area (Å²) in [5, 5.41) is 0. The summed E-state index contributed by atoms with van der Waals surface area (Å²) in [6.07, 6.45) is 6.74. The molecule has 3 aliphatic rings. The summed E-state index contributed by atoms with van der Waals surface area (Å²) >= 11 is 0. The first-order chi connectivity index (χ1) is 18.4. The van der Waals surface area contributed by atoms with Gasteiger partial charge in [0.05, 0.1) is 17.9 Å². The van der Waals surface area contributed by atoms with E-state index in [1.165, 1.54) is 5.57 Å². The van der Waals surface area contributed by atoms with Gasteiger partial charge in [-0.25, -0.2) is 9.59 Å². The Morgan fingerprint density at radius 2 is 1.54 bits per heavy atom. The normalized spacial score (nSPS) is 22.5. The predicted octanol–water partition coefficient (Wildman–Crippen LogP) is 5.42. The van der Waals surface area contributed by atoms with Gasteiger partial charge in [0, 0.05) is 38.4 Å². The minimum Gasteiger partial charge on any atom is -0.444 e. The molecule has 0 saturated carbocycles. The third-order valence-corrected chi connectivity index (χ3v) is 6.56. The smallest absolute Gasteiger partial charge is 0.410 e. The fourth-order valence-corrected chi connectivity index (χ4v) is 4.62. The highest BCUT2D eigenvalue weighted by atomic mass is 16.6. The van der Waals surface area contributed by atoms with Crippen molar-refractivity contribution in [3.05, 3.63) is 66.3 Å². The van der Waals surface area contributed by atoms with Crippen molar-refractivity contribution in [3.63, 3.8) is 0 Å². The standard InChI is InChI=1S/C15H20N2O3.C15H20N2O2/c1-14(2,3)20-13(18)17-9-7-15(12(10-17)19-15)11-6-4-5-8-16-11;1-15(2,3)19-14(18)17-10-7-12(8-11-17)13-6-4-5-9-16-13/h4-6,8,12H,7,9-10H2,1-3H3;4-7,9H,8,10-11H2,1-3H3/t12?,15-;/m1./s1. The van der Waals surface area contributed by atoms with Gasteiger partial charge in [-0.15, -0.1) is 0 Å². The van der Waals surface area contributed by atoms with Gasteiger partial charge in [-0.3, -0.25) is 9.97 Å². The molecule has 0 N–H and O–H groups in total. The number of amides is 2. The monoisotopic (exact) mass is 536 g/mol. The van der Waals surface area contributed by atoms with E-state index in [0.29, 0.717) is 26.2 Å². The van der Waals surface area contributed by atoms with E-state index in [1.54, 1.807) is 22.2 Å². The van der Waals surface area contributed by atoms with Gasteiger partial charge in [0.25, 0.3) is 0 Å². The molecule has 0 bridgehead atoms. The van der Waals surface area contributed by atoms with Gasteiger partial charge >= 0.3 is 12.2 Å². The molecular weight excluding hydrogens is 496 g/mol. The molecular formula is C30H40N4O5. The molecule has 2 amide bonds. The number of carbonyl (C=O) groups is 2. The number of piperidine rings is 1. The highest BCUT2D eigenvalue weighted by Gasteiger charge is 2.61. The molecule has 2 fully saturated rings. The van der Waals surface area contributed by atoms with Gasteiger partial charge in [0.15, 0.2) is 0 Å². The van der Waals surface area contributed by atoms with Crippen molar-refractivity contribution >= 4 is 17.8 Å². The van der Waals surface area contributed by atoms with Crippen LogP contribution in [0.15, 0.2) is 54.9 Å². The molecule has 39 heavy (non-hydrogen) atoms. The van der Waals surface area contributed by atoms with Crippen LogP contribution >= 0.6 is 0 Å². The van der Waals surface area contributed by atoms with E-state index in [4.69, 9.17) is 14.2 Å². The Kier molecular flexibility index (Phi) is 8.30. The molecule has 2 saturated heterocycles. The van der Waals surface area contributed by atoms with E-state index in [1.807, 2.05) is 77.9 Å². The summed E-state index contributed by atoms with van der Waals surface area (Å²) < 4.78 is 16.6. The van der Waals surface area contributed by atoms with Crippen LogP contribution in [0.2, 0.25) is 0 Å². The van der Waals surface area contributed by atoms with E-state index >= 15 is 0 Å². The van der Waals surface area contributed by atoms with Crippen LogP contribution in [0.25, 0.3) is 5.57 Å². The molecule has 2 aromatic heterocycles. The van der Waals surface area contributed by atoms with Crippen molar-refractivity contribution < 1.29 is 23.8 Å². The van der Waals surface area contributed by atoms with Crippen LogP contribution in [-0.2, 0) is 19.8 Å². The van der Waals surface area contributed by atoms with Crippen molar-refractivity contribution in [3.8, 4) is 0 Å². The number of fused-ring (bicyclic) bond motifs is 1. The average Bonchev–Trinajstić information content (AvgIpc) is 3.64. The second-order valence-electron chi connectivity index (χ2n) is 12.0. The fourth-order valence-electron chi connectivity index (χ4n) is 4.62. The lowest BCUT2D eigenvalue weighted by Crippen LogP contribution is -2.44. The van der Waals surface area contributed by atoms with Crippen molar-refractivity contribution in [1.29, 1.82) is 0 Å². The van der Waals surface area contributed by atoms with Crippen molar-refractivity contribution in [2.75, 3.05) is 26.2 Å². The molecule has 5 heterocycles. The van der Waals surface area contributed by atoms with Crippen LogP contribution < -0.4 is 0 Å². The maximum Gasteiger partial charge on any atom is 0.410 e. The summed E-state index contributed by atoms with van der Waals surface area (Å²) in [6, 6.07) is 11.7. The molecule has 9 heteroatoms. The van der Waals surface area contributed by atoms with E-state index in [0.717, 1.165) is 24.2 Å². The molecule has 0 spiro atoms. The Balaban J connectivity index is 0.000000181. The number of carbonyl (C=O) groups excluding carboxylic acids is 2. The number of rotatable bonds is 2. The number of epoxide rings is 1. The van der Waals surface area contributed by atoms with Gasteiger partial charge < -0.3 is 24.0 Å². The van der Waals surface area contributed by atoms with Crippen LogP contribution in [-0.4, -0.2) is 75.4 Å². The predicted molar refractivity (Wildman–Crippen MR) is 148 cm³/mol. The van der Waals surface area contributed by atoms with Gasteiger partial charge in [-0.1, -0.05) is 18.2 Å². The highest BCUT2D eigenvalue weighted by Crippen LogP contribution is 2.51. The number of pyridine rings is 2. The summed E-state index contributed by atoms with van der Waals surface area (Å²) in [6.45, 7) is 13.7. The zero-order chi connectivity index (χ0) is 28.3. The van der Waals surface area contributed by atoms with Crippen molar-refractivity contribution in [2.45, 2.75) is 77.3 Å². The maximum absolute atomic E-state index is 12.1. The van der Waals surface area contributed by atoms with Crippen LogP contribution in [0.4, 0.5) is 9.59 Å². The van der Waals surface area contributed by atoms with Crippen LogP contribution in [0, 0.1) is 0 Å². The molecule has 2 atom stereocenters. The second-order valence-corrected chi connectivity index (χ2v) is 12.0. The average molecular weight is 537 g/mol. The Morgan fingerprint density at radius 1 is 0.897 bits per heavy atom. The molecule has 210 valence electrons. The lowest BCUT2D eigenvalue weighted by Gasteiger charge is -2.30. The zero-order valence-electron chi connectivity index (χ0n) is 23.8. The summed E-state index contributed by atoms with van der Waals surface area (Å²) in [5.74, 6) is 0. The maximum atomic E-state index is 12.1. The zero-order valence-corrected chi connectivity index (χ0v) is 23.8. The fraction of sp³-hybridized carbons (Fsp3) is 0.533. The van der Waals surface area contributed by atoms with Gasteiger partial charge in [-0.2, -0.15) is 0 Å². The summed E-state index contributed by atoms with van der Waals surface area (Å²) in [5.41, 5.74) is 1.97.